The third kappa shape index (κ3) is 5.12. The molecule has 2 aromatic carbocycles. The number of nitrogens with two attached hydrogens (primary N) is 1. The topological polar surface area (TPSA) is 105 Å². The molecule has 7 nitrogen and oxygen atoms in total. The molecule has 0 atom stereocenters. The fraction of sp³-hybridized carbons (Fsp3) is 0.304. The molecule has 0 radical (unpaired) electrons. The van der Waals surface area contributed by atoms with Gasteiger partial charge in [0.1, 0.15) is 5.82 Å². The van der Waals surface area contributed by atoms with Crippen molar-refractivity contribution in [2.24, 2.45) is 5.14 Å². The summed E-state index contributed by atoms with van der Waals surface area (Å²) < 4.78 is 51.2. The number of para-hydroxylation sites is 1. The molecule has 2 heterocycles. The van der Waals surface area contributed by atoms with Crippen LogP contribution in [0.25, 0.3) is 10.9 Å². The van der Waals surface area contributed by atoms with Crippen LogP contribution in [-0.2, 0) is 10.0 Å². The molecule has 0 aliphatic carbocycles. The highest BCUT2D eigenvalue weighted by Crippen LogP contribution is 2.32. The van der Waals surface area contributed by atoms with Crippen molar-refractivity contribution in [1.29, 1.82) is 0 Å². The second-order valence-electron chi connectivity index (χ2n) is 8.23. The van der Waals surface area contributed by atoms with Crippen LogP contribution in [0.5, 0.6) is 0 Å². The number of amides is 1. The van der Waals surface area contributed by atoms with Crippen LogP contribution in [0.15, 0.2) is 53.4 Å². The van der Waals surface area contributed by atoms with Crippen LogP contribution in [0.4, 0.5) is 20.3 Å². The maximum atomic E-state index is 14.0. The van der Waals surface area contributed by atoms with Gasteiger partial charge in [-0.2, -0.15) is 0 Å². The van der Waals surface area contributed by atoms with Crippen molar-refractivity contribution in [2.75, 3.05) is 23.3 Å². The first-order valence-corrected chi connectivity index (χ1v) is 12.1. The quantitative estimate of drug-likeness (QED) is 0.593. The van der Waals surface area contributed by atoms with E-state index in [9.17, 15) is 22.0 Å². The zero-order chi connectivity index (χ0) is 23.8. The number of primary sulfonamides is 1. The molecule has 0 unspecified atom stereocenters. The average molecular weight is 475 g/mol. The summed E-state index contributed by atoms with van der Waals surface area (Å²) in [6.07, 6.45) is -0.256. The highest BCUT2D eigenvalue weighted by molar-refractivity contribution is 7.89. The van der Waals surface area contributed by atoms with Gasteiger partial charge in [-0.3, -0.25) is 4.79 Å². The van der Waals surface area contributed by atoms with Gasteiger partial charge < -0.3 is 10.2 Å². The Hall–Kier alpha value is -3.11. The zero-order valence-electron chi connectivity index (χ0n) is 18.0. The van der Waals surface area contributed by atoms with E-state index in [4.69, 9.17) is 10.1 Å². The van der Waals surface area contributed by atoms with Crippen LogP contribution >= 0.6 is 0 Å². The molecular formula is C23H24F2N4O3S. The van der Waals surface area contributed by atoms with E-state index in [0.717, 1.165) is 10.9 Å². The van der Waals surface area contributed by atoms with Gasteiger partial charge >= 0.3 is 0 Å². The molecule has 1 fully saturated rings. The van der Waals surface area contributed by atoms with E-state index in [1.807, 2.05) is 25.1 Å². The number of anilines is 2. The van der Waals surface area contributed by atoms with Crippen molar-refractivity contribution in [1.82, 2.24) is 4.98 Å². The number of alkyl halides is 2. The number of halogens is 2. The molecule has 1 aromatic heterocycles. The van der Waals surface area contributed by atoms with Crippen LogP contribution in [0.1, 0.15) is 35.2 Å². The van der Waals surface area contributed by atoms with Gasteiger partial charge in [0, 0.05) is 37.0 Å². The van der Waals surface area contributed by atoms with Crippen LogP contribution in [0.2, 0.25) is 0 Å². The van der Waals surface area contributed by atoms with Crippen molar-refractivity contribution in [3.8, 4) is 0 Å². The smallest absolute Gasteiger partial charge is 0.259 e. The maximum absolute atomic E-state index is 14.0. The van der Waals surface area contributed by atoms with E-state index in [1.54, 1.807) is 11.0 Å². The zero-order valence-corrected chi connectivity index (χ0v) is 18.8. The molecular weight excluding hydrogens is 450 g/mol. The van der Waals surface area contributed by atoms with Crippen LogP contribution in [0, 0.1) is 6.92 Å². The lowest BCUT2D eigenvalue weighted by atomic mass is 10.1. The van der Waals surface area contributed by atoms with Gasteiger partial charge in [-0.25, -0.2) is 27.3 Å². The Balaban J connectivity index is 1.76. The lowest BCUT2D eigenvalue weighted by molar-refractivity contribution is -0.0102. The van der Waals surface area contributed by atoms with Gasteiger partial charge in [0.25, 0.3) is 5.91 Å². The van der Waals surface area contributed by atoms with E-state index >= 15 is 0 Å². The van der Waals surface area contributed by atoms with E-state index in [2.05, 4.69) is 5.32 Å². The van der Waals surface area contributed by atoms with E-state index in [1.165, 1.54) is 24.3 Å². The number of nitrogens with zero attached hydrogens (tertiary/aromatic N) is 2. The number of benzene rings is 2. The van der Waals surface area contributed by atoms with Crippen LogP contribution in [-0.4, -0.2) is 38.3 Å². The number of nitrogens with one attached hydrogen (secondary N) is 1. The maximum Gasteiger partial charge on any atom is 0.259 e. The lowest BCUT2D eigenvalue weighted by Crippen LogP contribution is -2.29. The molecule has 33 heavy (non-hydrogen) atoms. The number of fused-ring (bicyclic) bond motifs is 1. The number of hydrogen-bond donors (Lipinski definition) is 2. The molecule has 0 saturated carbocycles. The monoisotopic (exact) mass is 474 g/mol. The number of carbonyl (C=O) groups is 1. The van der Waals surface area contributed by atoms with Crippen LogP contribution in [0.3, 0.4) is 0 Å². The molecule has 0 bridgehead atoms. The Morgan fingerprint density at radius 1 is 1.12 bits per heavy atom. The van der Waals surface area contributed by atoms with Crippen molar-refractivity contribution < 1.29 is 22.0 Å². The number of rotatable bonds is 4. The predicted molar refractivity (Wildman–Crippen MR) is 123 cm³/mol. The molecule has 10 heteroatoms. The minimum absolute atomic E-state index is 0.0680. The normalized spacial score (nSPS) is 16.4. The fourth-order valence-corrected chi connectivity index (χ4v) is 4.53. The minimum Gasteiger partial charge on any atom is -0.356 e. The first-order chi connectivity index (χ1) is 15.5. The Kier molecular flexibility index (Phi) is 6.06. The number of carbonyl (C=O) groups excluding carboxylic acids is 1. The third-order valence-corrected chi connectivity index (χ3v) is 6.62. The summed E-state index contributed by atoms with van der Waals surface area (Å²) in [5.41, 5.74) is 2.06. The molecule has 3 N–H and O–H groups in total. The summed E-state index contributed by atoms with van der Waals surface area (Å²) >= 11 is 0. The highest BCUT2D eigenvalue weighted by Gasteiger charge is 2.33. The molecule has 4 rings (SSSR count). The van der Waals surface area contributed by atoms with Crippen molar-refractivity contribution in [2.45, 2.75) is 37.0 Å². The number of aryl methyl sites for hydroxylation is 1. The Morgan fingerprint density at radius 3 is 2.64 bits per heavy atom. The summed E-state index contributed by atoms with van der Waals surface area (Å²) in [6.45, 7) is 2.31. The number of hydrogen-bond acceptors (Lipinski definition) is 5. The van der Waals surface area contributed by atoms with Crippen LogP contribution < -0.4 is 15.4 Å². The van der Waals surface area contributed by atoms with Gasteiger partial charge in [0.05, 0.1) is 16.0 Å². The summed E-state index contributed by atoms with van der Waals surface area (Å²) in [7, 11) is -3.94. The SMILES string of the molecule is Cc1cccc2cc(C(=O)Nc3cccc(S(N)(=O)=O)c3)c(N3CCCC(F)(F)CC3)nc12. The summed E-state index contributed by atoms with van der Waals surface area (Å²) in [5, 5.41) is 8.61. The minimum atomic E-state index is -3.94. The van der Waals surface area contributed by atoms with E-state index in [0.29, 0.717) is 17.9 Å². The van der Waals surface area contributed by atoms with E-state index < -0.39 is 21.9 Å². The molecule has 1 aliphatic heterocycles. The first kappa shape index (κ1) is 23.1. The van der Waals surface area contributed by atoms with Gasteiger partial charge in [0.2, 0.25) is 15.9 Å². The van der Waals surface area contributed by atoms with Crippen molar-refractivity contribution >= 4 is 38.3 Å². The van der Waals surface area contributed by atoms with Gasteiger partial charge in [-0.05, 0) is 43.2 Å². The van der Waals surface area contributed by atoms with E-state index in [-0.39, 0.29) is 42.0 Å². The van der Waals surface area contributed by atoms with Crippen molar-refractivity contribution in [3.05, 3.63) is 59.7 Å². The van der Waals surface area contributed by atoms with Gasteiger partial charge in [-0.15, -0.1) is 0 Å². The summed E-state index contributed by atoms with van der Waals surface area (Å²) in [5.74, 6) is -2.95. The molecule has 3 aromatic rings. The van der Waals surface area contributed by atoms with Gasteiger partial charge in [-0.1, -0.05) is 24.3 Å². The molecule has 1 aliphatic rings. The molecule has 1 saturated heterocycles. The predicted octanol–water partition coefficient (Wildman–Crippen LogP) is 4.07. The number of sulfonamides is 1. The second-order valence-corrected chi connectivity index (χ2v) is 9.79. The largest absolute Gasteiger partial charge is 0.356 e. The Labute approximate surface area is 190 Å². The Bertz CT molecular complexity index is 1330. The van der Waals surface area contributed by atoms with Gasteiger partial charge in [0.15, 0.2) is 0 Å². The molecule has 174 valence electrons. The highest BCUT2D eigenvalue weighted by atomic mass is 32.2. The average Bonchev–Trinajstić information content (AvgIpc) is 2.93. The third-order valence-electron chi connectivity index (χ3n) is 5.71. The fourth-order valence-electron chi connectivity index (χ4n) is 3.97. The molecule has 1 amide bonds. The summed E-state index contributed by atoms with van der Waals surface area (Å²) in [4.78, 5) is 19.6. The lowest BCUT2D eigenvalue weighted by Gasteiger charge is -2.25. The van der Waals surface area contributed by atoms with Crippen molar-refractivity contribution in [3.63, 3.8) is 0 Å². The number of aromatic nitrogens is 1. The molecule has 0 spiro atoms. The second kappa shape index (κ2) is 8.68. The Morgan fingerprint density at radius 2 is 1.88 bits per heavy atom. The summed E-state index contributed by atoms with van der Waals surface area (Å²) in [6, 6.07) is 12.9. The standard InChI is InChI=1S/C23H24F2N4O3S/c1-15-5-2-6-16-13-19(22(30)27-17-7-3-8-18(14-17)33(26,31)32)21(28-20(15)16)29-11-4-9-23(24,25)10-12-29/h2-3,5-8,13-14H,4,9-12H2,1H3,(H,27,30)(H2,26,31,32). The number of pyridine rings is 1. The first-order valence-electron chi connectivity index (χ1n) is 10.5.